The molecule has 3 aromatic rings. The predicted octanol–water partition coefficient (Wildman–Crippen LogP) is 2.41. The lowest BCUT2D eigenvalue weighted by Gasteiger charge is -2.23. The van der Waals surface area contributed by atoms with Gasteiger partial charge in [-0.25, -0.2) is 9.67 Å². The van der Waals surface area contributed by atoms with Gasteiger partial charge in [0.15, 0.2) is 12.1 Å². The lowest BCUT2D eigenvalue weighted by Crippen LogP contribution is -2.43. The van der Waals surface area contributed by atoms with Gasteiger partial charge in [0.1, 0.15) is 11.8 Å². The summed E-state index contributed by atoms with van der Waals surface area (Å²) in [6, 6.07) is 8.72. The van der Waals surface area contributed by atoms with Gasteiger partial charge in [-0.05, 0) is 44.0 Å². The van der Waals surface area contributed by atoms with Crippen molar-refractivity contribution in [3.05, 3.63) is 60.6 Å². The number of aryl methyl sites for hydroxylation is 1. The molecule has 0 spiro atoms. The fourth-order valence-electron chi connectivity index (χ4n) is 3.30. The van der Waals surface area contributed by atoms with E-state index in [1.807, 2.05) is 36.5 Å². The number of oxazole rings is 1. The van der Waals surface area contributed by atoms with Gasteiger partial charge in [0, 0.05) is 24.6 Å². The number of hydrogen-bond donors (Lipinski definition) is 1. The Bertz CT molecular complexity index is 963. The highest BCUT2D eigenvalue weighted by molar-refractivity contribution is 6.01. The Balaban J connectivity index is 1.50. The number of carbonyl (C=O) groups excluding carboxylic acids is 2. The Morgan fingerprint density at radius 3 is 2.93 bits per heavy atom. The van der Waals surface area contributed by atoms with Gasteiger partial charge >= 0.3 is 0 Å². The summed E-state index contributed by atoms with van der Waals surface area (Å²) < 4.78 is 6.83. The lowest BCUT2D eigenvalue weighted by atomic mass is 10.2. The van der Waals surface area contributed by atoms with E-state index in [1.54, 1.807) is 22.7 Å². The first-order valence-electron chi connectivity index (χ1n) is 8.75. The van der Waals surface area contributed by atoms with Gasteiger partial charge in [-0.1, -0.05) is 6.07 Å². The van der Waals surface area contributed by atoms with Crippen LogP contribution in [0.2, 0.25) is 0 Å². The van der Waals surface area contributed by atoms with Crippen molar-refractivity contribution in [1.82, 2.24) is 19.7 Å². The van der Waals surface area contributed by atoms with Crippen LogP contribution in [0.5, 0.6) is 0 Å². The molecule has 1 aliphatic rings. The van der Waals surface area contributed by atoms with Gasteiger partial charge in [-0.2, -0.15) is 5.10 Å². The molecule has 1 atom stereocenters. The van der Waals surface area contributed by atoms with E-state index in [9.17, 15) is 9.59 Å². The Morgan fingerprint density at radius 2 is 2.19 bits per heavy atom. The summed E-state index contributed by atoms with van der Waals surface area (Å²) in [5.41, 5.74) is 1.76. The van der Waals surface area contributed by atoms with E-state index in [1.165, 1.54) is 6.39 Å². The van der Waals surface area contributed by atoms with Crippen molar-refractivity contribution in [3.8, 4) is 5.69 Å². The summed E-state index contributed by atoms with van der Waals surface area (Å²) in [4.78, 5) is 31.1. The monoisotopic (exact) mass is 365 g/mol. The fourth-order valence-corrected chi connectivity index (χ4v) is 3.30. The van der Waals surface area contributed by atoms with Gasteiger partial charge in [0.2, 0.25) is 5.91 Å². The molecule has 2 amide bonds. The molecule has 0 aliphatic carbocycles. The zero-order valence-electron chi connectivity index (χ0n) is 14.8. The number of hydrogen-bond acceptors (Lipinski definition) is 5. The number of nitrogens with zero attached hydrogens (tertiary/aromatic N) is 4. The van der Waals surface area contributed by atoms with Crippen LogP contribution < -0.4 is 5.32 Å². The normalized spacial score (nSPS) is 16.5. The quantitative estimate of drug-likeness (QED) is 0.766. The smallest absolute Gasteiger partial charge is 0.276 e. The molecule has 1 aromatic carbocycles. The van der Waals surface area contributed by atoms with Crippen LogP contribution in [0.4, 0.5) is 5.69 Å². The highest BCUT2D eigenvalue weighted by Crippen LogP contribution is 2.23. The molecule has 1 aliphatic heterocycles. The molecule has 1 unspecified atom stereocenters. The molecule has 27 heavy (non-hydrogen) atoms. The van der Waals surface area contributed by atoms with Crippen molar-refractivity contribution >= 4 is 17.5 Å². The van der Waals surface area contributed by atoms with E-state index >= 15 is 0 Å². The lowest BCUT2D eigenvalue weighted by molar-refractivity contribution is -0.119. The standard InChI is InChI=1S/C19H19N5O3/c1-13-17(20-12-27-13)19(26)23-9-3-7-16(23)18(25)22-14-5-2-6-15(11-14)24-10-4-8-21-24/h2,4-6,8,10-12,16H,3,7,9H2,1H3,(H,22,25). The fraction of sp³-hybridized carbons (Fsp3) is 0.263. The molecular formula is C19H19N5O3. The molecule has 8 heteroatoms. The zero-order valence-corrected chi connectivity index (χ0v) is 14.8. The number of amides is 2. The Labute approximate surface area is 155 Å². The summed E-state index contributed by atoms with van der Waals surface area (Å²) in [6.45, 7) is 2.21. The molecule has 0 saturated carbocycles. The number of aromatic nitrogens is 3. The number of benzene rings is 1. The molecule has 2 aromatic heterocycles. The second-order valence-electron chi connectivity index (χ2n) is 6.40. The Kier molecular flexibility index (Phi) is 4.45. The minimum absolute atomic E-state index is 0.209. The van der Waals surface area contributed by atoms with Crippen molar-refractivity contribution in [1.29, 1.82) is 0 Å². The predicted molar refractivity (Wildman–Crippen MR) is 97.5 cm³/mol. The first kappa shape index (κ1) is 17.0. The third-order valence-corrected chi connectivity index (χ3v) is 4.65. The SMILES string of the molecule is Cc1ocnc1C(=O)N1CCCC1C(=O)Nc1cccc(-n2cccn2)c1. The maximum atomic E-state index is 12.8. The molecule has 0 bridgehead atoms. The molecule has 0 radical (unpaired) electrons. The van der Waals surface area contributed by atoms with Gasteiger partial charge < -0.3 is 14.6 Å². The van der Waals surface area contributed by atoms with E-state index in [2.05, 4.69) is 15.4 Å². The van der Waals surface area contributed by atoms with Crippen LogP contribution in [0.25, 0.3) is 5.69 Å². The molecule has 8 nitrogen and oxygen atoms in total. The second kappa shape index (κ2) is 7.06. The maximum Gasteiger partial charge on any atom is 0.276 e. The molecule has 3 heterocycles. The summed E-state index contributed by atoms with van der Waals surface area (Å²) in [5.74, 6) is -0.0261. The summed E-state index contributed by atoms with van der Waals surface area (Å²) in [7, 11) is 0. The topological polar surface area (TPSA) is 93.3 Å². The highest BCUT2D eigenvalue weighted by Gasteiger charge is 2.36. The van der Waals surface area contributed by atoms with Crippen molar-refractivity contribution < 1.29 is 14.0 Å². The average molecular weight is 365 g/mol. The van der Waals surface area contributed by atoms with Gasteiger partial charge in [0.05, 0.1) is 5.69 Å². The number of anilines is 1. The average Bonchev–Trinajstić information content (AvgIpc) is 3.42. The van der Waals surface area contributed by atoms with E-state index in [0.717, 1.165) is 12.1 Å². The van der Waals surface area contributed by atoms with Crippen molar-refractivity contribution in [3.63, 3.8) is 0 Å². The number of carbonyl (C=O) groups is 2. The summed E-state index contributed by atoms with van der Waals surface area (Å²) >= 11 is 0. The van der Waals surface area contributed by atoms with Crippen molar-refractivity contribution in [2.45, 2.75) is 25.8 Å². The van der Waals surface area contributed by atoms with E-state index < -0.39 is 6.04 Å². The third kappa shape index (κ3) is 3.33. The summed E-state index contributed by atoms with van der Waals surface area (Å²) in [5, 5.41) is 7.10. The molecule has 138 valence electrons. The molecule has 4 rings (SSSR count). The van der Waals surface area contributed by atoms with Crippen LogP contribution in [-0.4, -0.2) is 44.1 Å². The maximum absolute atomic E-state index is 12.8. The van der Waals surface area contributed by atoms with Gasteiger partial charge in [0.25, 0.3) is 5.91 Å². The number of nitrogens with one attached hydrogen (secondary N) is 1. The molecular weight excluding hydrogens is 346 g/mol. The zero-order chi connectivity index (χ0) is 18.8. The van der Waals surface area contributed by atoms with Crippen LogP contribution in [0.15, 0.2) is 53.5 Å². The van der Waals surface area contributed by atoms with Crippen molar-refractivity contribution in [2.75, 3.05) is 11.9 Å². The van der Waals surface area contributed by atoms with Crippen LogP contribution in [-0.2, 0) is 4.79 Å². The molecule has 1 N–H and O–H groups in total. The largest absolute Gasteiger partial charge is 0.448 e. The van der Waals surface area contributed by atoms with Crippen molar-refractivity contribution in [2.24, 2.45) is 0 Å². The minimum atomic E-state index is -0.526. The van der Waals surface area contributed by atoms with Gasteiger partial charge in [-0.3, -0.25) is 9.59 Å². The highest BCUT2D eigenvalue weighted by atomic mass is 16.3. The Hall–Kier alpha value is -3.42. The molecule has 1 fully saturated rings. The second-order valence-corrected chi connectivity index (χ2v) is 6.40. The van der Waals surface area contributed by atoms with Crippen LogP contribution in [0, 0.1) is 6.92 Å². The summed E-state index contributed by atoms with van der Waals surface area (Å²) in [6.07, 6.45) is 6.16. The van der Waals surface area contributed by atoms with E-state index in [4.69, 9.17) is 4.42 Å². The van der Waals surface area contributed by atoms with E-state index in [0.29, 0.717) is 24.4 Å². The number of rotatable bonds is 4. The van der Waals surface area contributed by atoms with Crippen LogP contribution in [0.1, 0.15) is 29.1 Å². The molecule has 1 saturated heterocycles. The number of likely N-dealkylation sites (tertiary alicyclic amines) is 1. The van der Waals surface area contributed by atoms with Crippen LogP contribution >= 0.6 is 0 Å². The minimum Gasteiger partial charge on any atom is -0.448 e. The first-order chi connectivity index (χ1) is 13.1. The van der Waals surface area contributed by atoms with Gasteiger partial charge in [-0.15, -0.1) is 0 Å². The third-order valence-electron chi connectivity index (χ3n) is 4.65. The first-order valence-corrected chi connectivity index (χ1v) is 8.75. The Morgan fingerprint density at radius 1 is 1.30 bits per heavy atom. The van der Waals surface area contributed by atoms with Crippen LogP contribution in [0.3, 0.4) is 0 Å². The van der Waals surface area contributed by atoms with E-state index in [-0.39, 0.29) is 17.5 Å².